The van der Waals surface area contributed by atoms with Gasteiger partial charge in [-0.3, -0.25) is 4.98 Å². The summed E-state index contributed by atoms with van der Waals surface area (Å²) in [5.41, 5.74) is 5.90. The highest BCUT2D eigenvalue weighted by Gasteiger charge is 2.33. The molecule has 1 aliphatic rings. The Morgan fingerprint density at radius 2 is 1.97 bits per heavy atom. The maximum atomic E-state index is 12.7. The molecule has 0 aliphatic carbocycles. The van der Waals surface area contributed by atoms with Crippen LogP contribution in [-0.2, 0) is 16.0 Å². The monoisotopic (exact) mass is 469 g/mol. The summed E-state index contributed by atoms with van der Waals surface area (Å²) in [5, 5.41) is 13.4. The molecule has 0 unspecified atom stereocenters. The lowest BCUT2D eigenvalue weighted by Crippen LogP contribution is -2.30. The average Bonchev–Trinajstić information content (AvgIpc) is 2.82. The van der Waals surface area contributed by atoms with Crippen molar-refractivity contribution in [3.8, 4) is 16.9 Å². The molecule has 0 saturated heterocycles. The van der Waals surface area contributed by atoms with Crippen molar-refractivity contribution >= 4 is 27.6 Å². The second-order valence-electron chi connectivity index (χ2n) is 10.1. The Kier molecular flexibility index (Phi) is 5.76. The van der Waals surface area contributed by atoms with Crippen molar-refractivity contribution in [3.63, 3.8) is 0 Å². The Hall–Kier alpha value is -3.44. The zero-order chi connectivity index (χ0) is 24.9. The van der Waals surface area contributed by atoms with E-state index in [2.05, 4.69) is 31.2 Å². The second-order valence-corrected chi connectivity index (χ2v) is 10.1. The highest BCUT2D eigenvalue weighted by atomic mass is 16.5. The first-order valence-electron chi connectivity index (χ1n) is 12.2. The van der Waals surface area contributed by atoms with Crippen molar-refractivity contribution in [1.82, 2.24) is 4.98 Å². The van der Waals surface area contributed by atoms with Crippen molar-refractivity contribution in [1.29, 1.82) is 0 Å². The topological polar surface area (TPSA) is 68.7 Å². The molecule has 0 radical (unpaired) electrons. The van der Waals surface area contributed by atoms with Crippen LogP contribution in [0.4, 0.5) is 0 Å². The van der Waals surface area contributed by atoms with Crippen LogP contribution in [0.25, 0.3) is 32.8 Å². The van der Waals surface area contributed by atoms with Gasteiger partial charge in [0.1, 0.15) is 5.75 Å². The van der Waals surface area contributed by atoms with Gasteiger partial charge >= 0.3 is 5.97 Å². The van der Waals surface area contributed by atoms with E-state index >= 15 is 0 Å². The highest BCUT2D eigenvalue weighted by molar-refractivity contribution is 6.09. The zero-order valence-electron chi connectivity index (χ0n) is 20.9. The fourth-order valence-electron chi connectivity index (χ4n) is 5.05. The minimum atomic E-state index is -1.12. The maximum Gasteiger partial charge on any atom is 0.337 e. The summed E-state index contributed by atoms with van der Waals surface area (Å²) in [5.74, 6) is -0.174. The normalized spacial score (nSPS) is 14.2. The van der Waals surface area contributed by atoms with Crippen molar-refractivity contribution in [2.75, 3.05) is 6.61 Å². The van der Waals surface area contributed by atoms with Gasteiger partial charge in [-0.1, -0.05) is 36.8 Å². The van der Waals surface area contributed by atoms with E-state index in [0.29, 0.717) is 18.6 Å². The molecule has 0 amide bonds. The van der Waals surface area contributed by atoms with E-state index in [0.717, 1.165) is 56.1 Å². The summed E-state index contributed by atoms with van der Waals surface area (Å²) in [4.78, 5) is 17.5. The molecule has 1 aromatic heterocycles. The van der Waals surface area contributed by atoms with Crippen LogP contribution in [0.1, 0.15) is 55.5 Å². The molecule has 35 heavy (non-hydrogen) atoms. The van der Waals surface area contributed by atoms with Crippen molar-refractivity contribution in [2.24, 2.45) is 0 Å². The van der Waals surface area contributed by atoms with Crippen molar-refractivity contribution in [3.05, 3.63) is 70.9 Å². The molecule has 1 N–H and O–H groups in total. The van der Waals surface area contributed by atoms with E-state index in [9.17, 15) is 9.90 Å². The Balaban J connectivity index is 1.89. The number of aryl methyl sites for hydroxylation is 2. The first kappa shape index (κ1) is 23.3. The van der Waals surface area contributed by atoms with Gasteiger partial charge in [-0.2, -0.15) is 0 Å². The maximum absolute atomic E-state index is 12.7. The lowest BCUT2D eigenvalue weighted by atomic mass is 9.85. The van der Waals surface area contributed by atoms with Crippen LogP contribution in [0.5, 0.6) is 5.75 Å². The number of pyridine rings is 1. The quantitative estimate of drug-likeness (QED) is 0.331. The fraction of sp³-hybridized carbons (Fsp3) is 0.333. The van der Waals surface area contributed by atoms with Crippen LogP contribution in [0.2, 0.25) is 0 Å². The predicted molar refractivity (Wildman–Crippen MR) is 139 cm³/mol. The SMILES string of the molecule is CCC(C)(C)O[C@H](C(=O)O)c1c(C)cc2cc(C)ccc2c1-c1ccc2c3c(ccnc13)CCO2. The van der Waals surface area contributed by atoms with Crippen molar-refractivity contribution in [2.45, 2.75) is 59.2 Å². The summed E-state index contributed by atoms with van der Waals surface area (Å²) in [6.07, 6.45) is 2.23. The van der Waals surface area contributed by atoms with Gasteiger partial charge in [-0.05, 0) is 79.8 Å². The summed E-state index contributed by atoms with van der Waals surface area (Å²) in [6, 6.07) is 14.4. The minimum Gasteiger partial charge on any atom is -0.493 e. The summed E-state index contributed by atoms with van der Waals surface area (Å²) < 4.78 is 12.2. The van der Waals surface area contributed by atoms with E-state index in [-0.39, 0.29) is 0 Å². The lowest BCUT2D eigenvalue weighted by Gasteiger charge is -2.31. The third kappa shape index (κ3) is 4.04. The smallest absolute Gasteiger partial charge is 0.337 e. The Bertz CT molecular complexity index is 1460. The predicted octanol–water partition coefficient (Wildman–Crippen LogP) is 6.94. The van der Waals surface area contributed by atoms with Gasteiger partial charge in [0.15, 0.2) is 6.10 Å². The fourth-order valence-corrected chi connectivity index (χ4v) is 5.05. The van der Waals surface area contributed by atoms with Crippen LogP contribution in [0.3, 0.4) is 0 Å². The molecule has 0 fully saturated rings. The molecule has 0 bridgehead atoms. The number of benzene rings is 3. The molecular formula is C30H31NO4. The number of carboxylic acid groups (broad SMARTS) is 1. The van der Waals surface area contributed by atoms with Gasteiger partial charge in [0.25, 0.3) is 0 Å². The number of carbonyl (C=O) groups is 1. The molecule has 3 aromatic carbocycles. The van der Waals surface area contributed by atoms with Gasteiger partial charge < -0.3 is 14.6 Å². The summed E-state index contributed by atoms with van der Waals surface area (Å²) >= 11 is 0. The number of aromatic nitrogens is 1. The number of carboxylic acids is 1. The largest absolute Gasteiger partial charge is 0.493 e. The van der Waals surface area contributed by atoms with Crippen LogP contribution in [-0.4, -0.2) is 28.3 Å². The molecule has 1 atom stereocenters. The molecule has 2 heterocycles. The number of hydrogen-bond donors (Lipinski definition) is 1. The van der Waals surface area contributed by atoms with Gasteiger partial charge in [0.05, 0.1) is 17.7 Å². The second kappa shape index (κ2) is 8.65. The number of rotatable bonds is 6. The molecule has 0 spiro atoms. The molecule has 180 valence electrons. The van der Waals surface area contributed by atoms with Crippen LogP contribution < -0.4 is 4.74 Å². The molecule has 4 aromatic rings. The number of ether oxygens (including phenoxy) is 2. The van der Waals surface area contributed by atoms with Crippen LogP contribution in [0, 0.1) is 13.8 Å². The third-order valence-electron chi connectivity index (χ3n) is 7.16. The van der Waals surface area contributed by atoms with E-state index in [4.69, 9.17) is 14.5 Å². The van der Waals surface area contributed by atoms with E-state index < -0.39 is 17.7 Å². The van der Waals surface area contributed by atoms with Crippen molar-refractivity contribution < 1.29 is 19.4 Å². The van der Waals surface area contributed by atoms with E-state index in [1.165, 1.54) is 5.56 Å². The molecule has 5 heteroatoms. The molecule has 0 saturated carbocycles. The van der Waals surface area contributed by atoms with Gasteiger partial charge in [0, 0.05) is 29.1 Å². The Labute approximate surface area is 205 Å². The molecule has 5 nitrogen and oxygen atoms in total. The third-order valence-corrected chi connectivity index (χ3v) is 7.16. The number of aliphatic carboxylic acids is 1. The molecular weight excluding hydrogens is 438 g/mol. The van der Waals surface area contributed by atoms with Crippen LogP contribution in [0.15, 0.2) is 48.7 Å². The Morgan fingerprint density at radius 1 is 1.17 bits per heavy atom. The zero-order valence-corrected chi connectivity index (χ0v) is 20.9. The molecule has 1 aliphatic heterocycles. The summed E-state index contributed by atoms with van der Waals surface area (Å²) in [7, 11) is 0. The highest BCUT2D eigenvalue weighted by Crippen LogP contribution is 2.45. The average molecular weight is 470 g/mol. The number of fused-ring (bicyclic) bond motifs is 1. The summed E-state index contributed by atoms with van der Waals surface area (Å²) in [6.45, 7) is 10.6. The number of hydrogen-bond acceptors (Lipinski definition) is 4. The minimum absolute atomic E-state index is 0.596. The standard InChI is InChI=1S/C30H31NO4/c1-6-30(4,5)35-28(29(32)33)24-18(3)16-20-15-17(2)7-8-21(20)26(24)22-9-10-23-25-19(12-14-34-23)11-13-31-27(22)25/h7-11,13,15-16,28H,6,12,14H2,1-5H3,(H,32,33)/t28-/m0/s1. The Morgan fingerprint density at radius 3 is 2.71 bits per heavy atom. The molecule has 5 rings (SSSR count). The first-order chi connectivity index (χ1) is 16.7. The first-order valence-corrected chi connectivity index (χ1v) is 12.2. The van der Waals surface area contributed by atoms with E-state index in [1.54, 1.807) is 0 Å². The van der Waals surface area contributed by atoms with Crippen LogP contribution >= 0.6 is 0 Å². The van der Waals surface area contributed by atoms with Gasteiger partial charge in [-0.15, -0.1) is 0 Å². The van der Waals surface area contributed by atoms with Gasteiger partial charge in [-0.25, -0.2) is 4.79 Å². The van der Waals surface area contributed by atoms with E-state index in [1.807, 2.05) is 52.1 Å². The number of nitrogens with zero attached hydrogens (tertiary/aromatic N) is 1. The van der Waals surface area contributed by atoms with Gasteiger partial charge in [0.2, 0.25) is 0 Å². The lowest BCUT2D eigenvalue weighted by molar-refractivity contribution is -0.162.